The summed E-state index contributed by atoms with van der Waals surface area (Å²) in [7, 11) is 2.09. The molecule has 0 radical (unpaired) electrons. The van der Waals surface area contributed by atoms with Crippen molar-refractivity contribution in [2.24, 2.45) is 5.73 Å². The average Bonchev–Trinajstić information content (AvgIpc) is 3.07. The second-order valence-corrected chi connectivity index (χ2v) is 6.32. The van der Waals surface area contributed by atoms with Crippen LogP contribution in [0.25, 0.3) is 4.96 Å². The molecule has 0 bridgehead atoms. The van der Waals surface area contributed by atoms with Gasteiger partial charge in [-0.2, -0.15) is 0 Å². The number of hydrogen-bond acceptors (Lipinski definition) is 5. The fourth-order valence-electron chi connectivity index (χ4n) is 2.21. The second-order valence-electron chi connectivity index (χ2n) is 4.41. The topological polar surface area (TPSA) is 46.6 Å². The first-order valence-electron chi connectivity index (χ1n) is 6.17. The third-order valence-electron chi connectivity index (χ3n) is 3.06. The molecule has 0 saturated carbocycles. The van der Waals surface area contributed by atoms with Crippen molar-refractivity contribution in [3.8, 4) is 0 Å². The maximum absolute atomic E-state index is 5.73. The van der Waals surface area contributed by atoms with Gasteiger partial charge in [0.2, 0.25) is 0 Å². The van der Waals surface area contributed by atoms with Gasteiger partial charge in [0.05, 0.1) is 12.2 Å². The van der Waals surface area contributed by atoms with Gasteiger partial charge in [0.25, 0.3) is 0 Å². The van der Waals surface area contributed by atoms with Gasteiger partial charge in [-0.05, 0) is 18.0 Å². The summed E-state index contributed by atoms with van der Waals surface area (Å²) in [4.78, 5) is 9.32. The van der Waals surface area contributed by atoms with Crippen molar-refractivity contribution in [2.75, 3.05) is 18.5 Å². The Balaban J connectivity index is 1.94. The molecule has 19 heavy (non-hydrogen) atoms. The van der Waals surface area contributed by atoms with Gasteiger partial charge >= 0.3 is 0 Å². The Labute approximate surface area is 120 Å². The van der Waals surface area contributed by atoms with Crippen LogP contribution >= 0.6 is 22.7 Å². The SMILES string of the molecule is CN(Cc1cccs1)c1nc2sccn2c1CCN. The summed E-state index contributed by atoms with van der Waals surface area (Å²) in [6.45, 7) is 1.53. The molecule has 3 heterocycles. The molecule has 0 aromatic carbocycles. The van der Waals surface area contributed by atoms with Crippen molar-refractivity contribution < 1.29 is 0 Å². The van der Waals surface area contributed by atoms with Crippen molar-refractivity contribution in [2.45, 2.75) is 13.0 Å². The van der Waals surface area contributed by atoms with E-state index in [9.17, 15) is 0 Å². The summed E-state index contributed by atoms with van der Waals surface area (Å²) in [5, 5.41) is 4.17. The zero-order valence-electron chi connectivity index (χ0n) is 10.7. The monoisotopic (exact) mass is 292 g/mol. The van der Waals surface area contributed by atoms with Crippen molar-refractivity contribution in [1.29, 1.82) is 0 Å². The molecule has 3 rings (SSSR count). The lowest BCUT2D eigenvalue weighted by molar-refractivity contribution is 0.864. The van der Waals surface area contributed by atoms with E-state index < -0.39 is 0 Å². The second kappa shape index (κ2) is 5.32. The zero-order valence-corrected chi connectivity index (χ0v) is 12.4. The predicted molar refractivity (Wildman–Crippen MR) is 82.3 cm³/mol. The number of rotatable bonds is 5. The van der Waals surface area contributed by atoms with E-state index in [1.54, 1.807) is 22.7 Å². The first-order chi connectivity index (χ1) is 9.29. The van der Waals surface area contributed by atoms with Crippen LogP contribution in [0.5, 0.6) is 0 Å². The van der Waals surface area contributed by atoms with E-state index in [0.29, 0.717) is 6.54 Å². The van der Waals surface area contributed by atoms with E-state index in [1.807, 2.05) is 0 Å². The molecule has 0 unspecified atom stereocenters. The number of thiophene rings is 1. The molecular formula is C13H16N4S2. The Morgan fingerprint density at radius 1 is 1.37 bits per heavy atom. The summed E-state index contributed by atoms with van der Waals surface area (Å²) in [6.07, 6.45) is 2.92. The number of nitrogens with zero attached hydrogens (tertiary/aromatic N) is 3. The van der Waals surface area contributed by atoms with Crippen LogP contribution < -0.4 is 10.6 Å². The number of nitrogens with two attached hydrogens (primary N) is 1. The molecule has 0 saturated heterocycles. The Kier molecular flexibility index (Phi) is 3.54. The van der Waals surface area contributed by atoms with Gasteiger partial charge in [-0.3, -0.25) is 4.40 Å². The minimum Gasteiger partial charge on any atom is -0.353 e. The molecule has 3 aromatic heterocycles. The molecule has 0 aliphatic carbocycles. The summed E-state index contributed by atoms with van der Waals surface area (Å²) in [5.41, 5.74) is 6.94. The van der Waals surface area contributed by atoms with Gasteiger partial charge in [-0.15, -0.1) is 22.7 Å². The third kappa shape index (κ3) is 2.39. The Morgan fingerprint density at radius 2 is 2.26 bits per heavy atom. The smallest absolute Gasteiger partial charge is 0.195 e. The third-order valence-corrected chi connectivity index (χ3v) is 4.67. The van der Waals surface area contributed by atoms with Crippen molar-refractivity contribution in [3.05, 3.63) is 39.7 Å². The van der Waals surface area contributed by atoms with Gasteiger partial charge < -0.3 is 10.6 Å². The molecule has 0 aliphatic rings. The van der Waals surface area contributed by atoms with Gasteiger partial charge in [0, 0.05) is 29.9 Å². The highest BCUT2D eigenvalue weighted by Gasteiger charge is 2.16. The fourth-order valence-corrected chi connectivity index (χ4v) is 3.69. The number of anilines is 1. The van der Waals surface area contributed by atoms with Crippen LogP contribution in [-0.2, 0) is 13.0 Å². The van der Waals surface area contributed by atoms with Crippen LogP contribution in [0.2, 0.25) is 0 Å². The summed E-state index contributed by atoms with van der Waals surface area (Å²) < 4.78 is 2.15. The van der Waals surface area contributed by atoms with Gasteiger partial charge in [0.1, 0.15) is 0 Å². The van der Waals surface area contributed by atoms with Crippen LogP contribution in [0.15, 0.2) is 29.1 Å². The normalized spacial score (nSPS) is 11.3. The molecule has 0 aliphatic heterocycles. The van der Waals surface area contributed by atoms with Crippen LogP contribution in [0.1, 0.15) is 10.6 Å². The number of aromatic nitrogens is 2. The first-order valence-corrected chi connectivity index (χ1v) is 7.93. The lowest BCUT2D eigenvalue weighted by Gasteiger charge is -2.17. The Bertz CT molecular complexity index is 653. The highest BCUT2D eigenvalue weighted by atomic mass is 32.1. The molecule has 2 N–H and O–H groups in total. The lowest BCUT2D eigenvalue weighted by atomic mass is 10.3. The Morgan fingerprint density at radius 3 is 3.00 bits per heavy atom. The molecule has 4 nitrogen and oxygen atoms in total. The van der Waals surface area contributed by atoms with Gasteiger partial charge in [0.15, 0.2) is 10.8 Å². The van der Waals surface area contributed by atoms with Crippen molar-refractivity contribution in [1.82, 2.24) is 9.38 Å². The summed E-state index contributed by atoms with van der Waals surface area (Å²) in [6, 6.07) is 4.24. The molecule has 100 valence electrons. The molecule has 0 atom stereocenters. The number of imidazole rings is 1. The van der Waals surface area contributed by atoms with Crippen LogP contribution in [-0.4, -0.2) is 23.0 Å². The van der Waals surface area contributed by atoms with E-state index in [2.05, 4.69) is 45.4 Å². The number of thiazole rings is 1. The van der Waals surface area contributed by atoms with E-state index in [4.69, 9.17) is 10.7 Å². The van der Waals surface area contributed by atoms with E-state index in [1.165, 1.54) is 10.6 Å². The quantitative estimate of drug-likeness (QED) is 0.786. The number of hydrogen-bond donors (Lipinski definition) is 1. The van der Waals surface area contributed by atoms with Crippen LogP contribution in [0.4, 0.5) is 5.82 Å². The van der Waals surface area contributed by atoms with Crippen molar-refractivity contribution >= 4 is 33.5 Å². The highest BCUT2D eigenvalue weighted by Crippen LogP contribution is 2.26. The lowest BCUT2D eigenvalue weighted by Crippen LogP contribution is -2.19. The summed E-state index contributed by atoms with van der Waals surface area (Å²) in [5.74, 6) is 1.05. The number of fused-ring (bicyclic) bond motifs is 1. The van der Waals surface area contributed by atoms with E-state index in [-0.39, 0.29) is 0 Å². The minimum absolute atomic E-state index is 0.642. The molecule has 0 fully saturated rings. The molecule has 6 heteroatoms. The van der Waals surface area contributed by atoms with Crippen LogP contribution in [0.3, 0.4) is 0 Å². The standard InChI is InChI=1S/C13H16N4S2/c1-16(9-10-3-2-7-18-10)12-11(4-5-14)17-6-8-19-13(17)15-12/h2-3,6-8H,4-5,9,14H2,1H3. The minimum atomic E-state index is 0.642. The zero-order chi connectivity index (χ0) is 13.2. The molecular weight excluding hydrogens is 276 g/mol. The largest absolute Gasteiger partial charge is 0.353 e. The first kappa shape index (κ1) is 12.7. The summed E-state index contributed by atoms with van der Waals surface area (Å²) >= 11 is 3.44. The molecule has 0 amide bonds. The van der Waals surface area contributed by atoms with Crippen LogP contribution in [0, 0.1) is 0 Å². The van der Waals surface area contributed by atoms with E-state index in [0.717, 1.165) is 23.7 Å². The van der Waals surface area contributed by atoms with Crippen molar-refractivity contribution in [3.63, 3.8) is 0 Å². The maximum Gasteiger partial charge on any atom is 0.195 e. The highest BCUT2D eigenvalue weighted by molar-refractivity contribution is 7.15. The van der Waals surface area contributed by atoms with Gasteiger partial charge in [-0.1, -0.05) is 6.07 Å². The molecule has 0 spiro atoms. The van der Waals surface area contributed by atoms with Gasteiger partial charge in [-0.25, -0.2) is 4.98 Å². The molecule has 3 aromatic rings. The fraction of sp³-hybridized carbons (Fsp3) is 0.308. The maximum atomic E-state index is 5.73. The van der Waals surface area contributed by atoms with E-state index >= 15 is 0 Å². The predicted octanol–water partition coefficient (Wildman–Crippen LogP) is 2.59. The average molecular weight is 292 g/mol. The Hall–Kier alpha value is -1.37.